The van der Waals surface area contributed by atoms with Gasteiger partial charge in [-0.15, -0.1) is 0 Å². The quantitative estimate of drug-likeness (QED) is 0.699. The predicted molar refractivity (Wildman–Crippen MR) is 50.9 cm³/mol. The molecular formula is C8H17NO3S. The highest BCUT2D eigenvalue weighted by Crippen LogP contribution is 2.30. The minimum absolute atomic E-state index is 0.147. The summed E-state index contributed by atoms with van der Waals surface area (Å²) in [5.41, 5.74) is 0. The van der Waals surface area contributed by atoms with Crippen molar-refractivity contribution >= 4 is 10.0 Å². The molecule has 1 fully saturated rings. The van der Waals surface area contributed by atoms with Crippen molar-refractivity contribution < 1.29 is 13.5 Å². The summed E-state index contributed by atoms with van der Waals surface area (Å²) in [6.07, 6.45) is 1.65. The van der Waals surface area contributed by atoms with Crippen molar-refractivity contribution in [2.24, 2.45) is 0 Å². The molecule has 0 bridgehead atoms. The van der Waals surface area contributed by atoms with Gasteiger partial charge in [0.2, 0.25) is 10.0 Å². The van der Waals surface area contributed by atoms with E-state index in [1.807, 2.05) is 0 Å². The summed E-state index contributed by atoms with van der Waals surface area (Å²) in [6, 6.07) is 0. The maximum absolute atomic E-state index is 11.5. The third-order valence-electron chi connectivity index (χ3n) is 2.24. The van der Waals surface area contributed by atoms with Gasteiger partial charge in [-0.1, -0.05) is 0 Å². The first-order chi connectivity index (χ1) is 5.94. The summed E-state index contributed by atoms with van der Waals surface area (Å²) in [4.78, 5) is 0. The van der Waals surface area contributed by atoms with Crippen LogP contribution in [0.25, 0.3) is 0 Å². The summed E-state index contributed by atoms with van der Waals surface area (Å²) in [7, 11) is -1.46. The number of aliphatic hydroxyl groups is 1. The zero-order valence-electron chi connectivity index (χ0n) is 8.10. The largest absolute Gasteiger partial charge is 0.393 e. The van der Waals surface area contributed by atoms with Gasteiger partial charge in [-0.2, -0.15) is 0 Å². The third kappa shape index (κ3) is 2.93. The molecular weight excluding hydrogens is 190 g/mol. The Kier molecular flexibility index (Phi) is 3.32. The zero-order valence-corrected chi connectivity index (χ0v) is 8.92. The Hall–Kier alpha value is -0.130. The highest BCUT2D eigenvalue weighted by atomic mass is 32.2. The first kappa shape index (κ1) is 10.9. The molecule has 0 heterocycles. The number of hydrogen-bond donors (Lipinski definition) is 1. The highest BCUT2D eigenvalue weighted by molar-refractivity contribution is 7.90. The maximum atomic E-state index is 11.5. The van der Waals surface area contributed by atoms with Crippen LogP contribution in [-0.2, 0) is 10.0 Å². The smallest absolute Gasteiger partial charge is 0.216 e. The molecule has 0 aromatic rings. The Balaban J connectivity index is 2.42. The molecule has 1 aliphatic carbocycles. The van der Waals surface area contributed by atoms with Crippen LogP contribution >= 0.6 is 0 Å². The molecule has 1 N–H and O–H groups in total. The average molecular weight is 207 g/mol. The van der Waals surface area contributed by atoms with Gasteiger partial charge in [0.05, 0.1) is 11.4 Å². The van der Waals surface area contributed by atoms with Gasteiger partial charge in [-0.25, -0.2) is 12.7 Å². The Morgan fingerprint density at radius 2 is 2.08 bits per heavy atom. The Morgan fingerprint density at radius 3 is 2.46 bits per heavy atom. The number of rotatable bonds is 5. The molecule has 5 heteroatoms. The van der Waals surface area contributed by atoms with E-state index >= 15 is 0 Å². The molecule has 1 atom stereocenters. The molecule has 1 rings (SSSR count). The van der Waals surface area contributed by atoms with Crippen LogP contribution in [0.4, 0.5) is 0 Å². The van der Waals surface area contributed by atoms with E-state index in [1.54, 1.807) is 14.0 Å². The summed E-state index contributed by atoms with van der Waals surface area (Å²) >= 11 is 0. The van der Waals surface area contributed by atoms with Crippen LogP contribution in [0.2, 0.25) is 0 Å². The molecule has 0 radical (unpaired) electrons. The third-order valence-corrected chi connectivity index (χ3v) is 4.61. The van der Waals surface area contributed by atoms with Crippen LogP contribution in [0.1, 0.15) is 26.2 Å². The number of hydrogen-bond acceptors (Lipinski definition) is 3. The van der Waals surface area contributed by atoms with Crippen LogP contribution in [0.3, 0.4) is 0 Å². The molecule has 0 saturated heterocycles. The van der Waals surface area contributed by atoms with E-state index in [0.717, 1.165) is 12.8 Å². The first-order valence-corrected chi connectivity index (χ1v) is 6.08. The standard InChI is InChI=1S/C8H17NO3S/c1-7(10)5-6-9(2)13(11,12)8-3-4-8/h7-8,10H,3-6H2,1-2H3. The second-order valence-corrected chi connectivity index (χ2v) is 6.02. The second-order valence-electron chi connectivity index (χ2n) is 3.70. The van der Waals surface area contributed by atoms with Gasteiger partial charge in [-0.3, -0.25) is 0 Å². The predicted octanol–water partition coefficient (Wildman–Crippen LogP) is 0.181. The van der Waals surface area contributed by atoms with E-state index in [-0.39, 0.29) is 5.25 Å². The van der Waals surface area contributed by atoms with Crippen LogP contribution in [0.5, 0.6) is 0 Å². The Morgan fingerprint density at radius 1 is 1.54 bits per heavy atom. The van der Waals surface area contributed by atoms with Gasteiger partial charge in [0.15, 0.2) is 0 Å². The van der Waals surface area contributed by atoms with Gasteiger partial charge in [0, 0.05) is 13.6 Å². The van der Waals surface area contributed by atoms with E-state index in [4.69, 9.17) is 5.11 Å². The minimum Gasteiger partial charge on any atom is -0.393 e. The van der Waals surface area contributed by atoms with E-state index in [9.17, 15) is 8.42 Å². The van der Waals surface area contributed by atoms with Crippen LogP contribution < -0.4 is 0 Å². The lowest BCUT2D eigenvalue weighted by atomic mass is 10.3. The van der Waals surface area contributed by atoms with Crippen LogP contribution in [0, 0.1) is 0 Å². The van der Waals surface area contributed by atoms with Crippen molar-refractivity contribution in [1.29, 1.82) is 0 Å². The number of sulfonamides is 1. The minimum atomic E-state index is -3.04. The summed E-state index contributed by atoms with van der Waals surface area (Å²) < 4.78 is 24.5. The molecule has 1 saturated carbocycles. The SMILES string of the molecule is CC(O)CCN(C)S(=O)(=O)C1CC1. The van der Waals surface area contributed by atoms with Crippen molar-refractivity contribution in [3.63, 3.8) is 0 Å². The normalized spacial score (nSPS) is 20.6. The summed E-state index contributed by atoms with van der Waals surface area (Å²) in [5, 5.41) is 8.85. The molecule has 1 aliphatic rings. The molecule has 78 valence electrons. The summed E-state index contributed by atoms with van der Waals surface area (Å²) in [5.74, 6) is 0. The molecule has 1 unspecified atom stereocenters. The Labute approximate surface area is 79.6 Å². The van der Waals surface area contributed by atoms with E-state index < -0.39 is 16.1 Å². The van der Waals surface area contributed by atoms with E-state index in [2.05, 4.69) is 0 Å². The number of aliphatic hydroxyl groups excluding tert-OH is 1. The van der Waals surface area contributed by atoms with Gasteiger partial charge in [0.25, 0.3) is 0 Å². The Bertz CT molecular complexity index is 257. The van der Waals surface area contributed by atoms with Crippen LogP contribution in [-0.4, -0.2) is 42.8 Å². The van der Waals surface area contributed by atoms with Crippen molar-refractivity contribution in [1.82, 2.24) is 4.31 Å². The fraction of sp³-hybridized carbons (Fsp3) is 1.00. The highest BCUT2D eigenvalue weighted by Gasteiger charge is 2.38. The lowest BCUT2D eigenvalue weighted by Gasteiger charge is -2.17. The van der Waals surface area contributed by atoms with Gasteiger partial charge in [0.1, 0.15) is 0 Å². The van der Waals surface area contributed by atoms with Gasteiger partial charge < -0.3 is 5.11 Å². The monoisotopic (exact) mass is 207 g/mol. The van der Waals surface area contributed by atoms with Gasteiger partial charge >= 0.3 is 0 Å². The van der Waals surface area contributed by atoms with Crippen molar-refractivity contribution in [3.05, 3.63) is 0 Å². The topological polar surface area (TPSA) is 57.6 Å². The van der Waals surface area contributed by atoms with Gasteiger partial charge in [-0.05, 0) is 26.2 Å². The number of nitrogens with zero attached hydrogens (tertiary/aromatic N) is 1. The fourth-order valence-corrected chi connectivity index (χ4v) is 2.72. The van der Waals surface area contributed by atoms with E-state index in [1.165, 1.54) is 4.31 Å². The zero-order chi connectivity index (χ0) is 10.1. The van der Waals surface area contributed by atoms with Crippen molar-refractivity contribution in [3.8, 4) is 0 Å². The lowest BCUT2D eigenvalue weighted by molar-refractivity contribution is 0.177. The lowest BCUT2D eigenvalue weighted by Crippen LogP contribution is -2.32. The molecule has 0 spiro atoms. The molecule has 0 aliphatic heterocycles. The molecule has 0 aromatic carbocycles. The second kappa shape index (κ2) is 3.94. The molecule has 13 heavy (non-hydrogen) atoms. The van der Waals surface area contributed by atoms with Crippen molar-refractivity contribution in [2.45, 2.75) is 37.5 Å². The molecule has 0 amide bonds. The first-order valence-electron chi connectivity index (χ1n) is 4.58. The van der Waals surface area contributed by atoms with Crippen molar-refractivity contribution in [2.75, 3.05) is 13.6 Å². The van der Waals surface area contributed by atoms with Crippen LogP contribution in [0.15, 0.2) is 0 Å². The molecule has 0 aromatic heterocycles. The van der Waals surface area contributed by atoms with E-state index in [0.29, 0.717) is 13.0 Å². The molecule has 4 nitrogen and oxygen atoms in total. The summed E-state index contributed by atoms with van der Waals surface area (Å²) in [6.45, 7) is 2.08. The average Bonchev–Trinajstić information content (AvgIpc) is 2.81. The maximum Gasteiger partial charge on any atom is 0.216 e. The fourth-order valence-electron chi connectivity index (χ4n) is 1.12.